The fraction of sp³-hybridized carbons (Fsp3) is 0.889. The summed E-state index contributed by atoms with van der Waals surface area (Å²) in [6, 6.07) is -0.00643. The van der Waals surface area contributed by atoms with Crippen LogP contribution in [-0.2, 0) is 9.59 Å². The first kappa shape index (κ1) is 16.7. The van der Waals surface area contributed by atoms with Crippen molar-refractivity contribution in [2.75, 3.05) is 26.2 Å². The minimum atomic E-state index is -0.00643. The Morgan fingerprint density at radius 1 is 1.30 bits per heavy atom. The van der Waals surface area contributed by atoms with Crippen molar-refractivity contribution in [2.45, 2.75) is 58.4 Å². The number of carbonyl (C=O) groups excluding carboxylic acids is 2. The molecule has 5 heteroatoms. The molecule has 2 aliphatic heterocycles. The Labute approximate surface area is 139 Å². The fourth-order valence-corrected chi connectivity index (χ4v) is 4.11. The molecule has 2 N–H and O–H groups in total. The van der Waals surface area contributed by atoms with E-state index >= 15 is 0 Å². The number of amides is 2. The van der Waals surface area contributed by atoms with Gasteiger partial charge < -0.3 is 15.5 Å². The molecule has 0 spiro atoms. The van der Waals surface area contributed by atoms with Gasteiger partial charge in [-0.3, -0.25) is 9.59 Å². The number of nitrogens with one attached hydrogen (secondary N) is 2. The van der Waals surface area contributed by atoms with Crippen LogP contribution in [0, 0.1) is 17.3 Å². The Morgan fingerprint density at radius 2 is 2.13 bits per heavy atom. The van der Waals surface area contributed by atoms with Crippen LogP contribution in [0.3, 0.4) is 0 Å². The van der Waals surface area contributed by atoms with Crippen LogP contribution in [0.15, 0.2) is 0 Å². The minimum absolute atomic E-state index is 0.00643. The van der Waals surface area contributed by atoms with E-state index in [1.165, 1.54) is 0 Å². The van der Waals surface area contributed by atoms with Crippen LogP contribution in [-0.4, -0.2) is 48.9 Å². The van der Waals surface area contributed by atoms with Gasteiger partial charge in [-0.1, -0.05) is 13.8 Å². The summed E-state index contributed by atoms with van der Waals surface area (Å²) in [6.45, 7) is 7.76. The lowest BCUT2D eigenvalue weighted by Crippen LogP contribution is -2.47. The Morgan fingerprint density at radius 3 is 2.78 bits per heavy atom. The maximum absolute atomic E-state index is 12.7. The highest BCUT2D eigenvalue weighted by Crippen LogP contribution is 2.55. The molecule has 0 bridgehead atoms. The third-order valence-corrected chi connectivity index (χ3v) is 6.23. The van der Waals surface area contributed by atoms with Crippen LogP contribution >= 0.6 is 0 Å². The Balaban J connectivity index is 1.45. The molecular weight excluding hydrogens is 290 g/mol. The molecule has 4 unspecified atom stereocenters. The summed E-state index contributed by atoms with van der Waals surface area (Å²) >= 11 is 0. The van der Waals surface area contributed by atoms with Gasteiger partial charge in [-0.2, -0.15) is 0 Å². The second-order valence-electron chi connectivity index (χ2n) is 7.95. The van der Waals surface area contributed by atoms with Crippen LogP contribution in [0.4, 0.5) is 0 Å². The van der Waals surface area contributed by atoms with Crippen molar-refractivity contribution >= 4 is 11.8 Å². The van der Waals surface area contributed by atoms with Crippen molar-refractivity contribution in [3.63, 3.8) is 0 Å². The molecule has 2 amide bonds. The average molecular weight is 321 g/mol. The summed E-state index contributed by atoms with van der Waals surface area (Å²) in [5, 5.41) is 6.32. The van der Waals surface area contributed by atoms with E-state index in [4.69, 9.17) is 0 Å². The molecule has 0 radical (unpaired) electrons. The zero-order chi connectivity index (χ0) is 16.4. The predicted octanol–water partition coefficient (Wildman–Crippen LogP) is 1.53. The van der Waals surface area contributed by atoms with Crippen LogP contribution in [0.2, 0.25) is 0 Å². The SMILES string of the molecule is CCC1(C)CC1C(=O)N1CCCC(CNC(=O)C2CCCN2)C1. The number of hydrogen-bond acceptors (Lipinski definition) is 3. The van der Waals surface area contributed by atoms with E-state index in [2.05, 4.69) is 29.4 Å². The van der Waals surface area contributed by atoms with Crippen molar-refractivity contribution in [3.8, 4) is 0 Å². The lowest BCUT2D eigenvalue weighted by Gasteiger charge is -2.33. The molecule has 1 aliphatic carbocycles. The molecule has 2 saturated heterocycles. The summed E-state index contributed by atoms with van der Waals surface area (Å²) in [5.74, 6) is 1.13. The molecule has 4 atom stereocenters. The van der Waals surface area contributed by atoms with Crippen molar-refractivity contribution < 1.29 is 9.59 Å². The van der Waals surface area contributed by atoms with E-state index in [0.29, 0.717) is 18.4 Å². The minimum Gasteiger partial charge on any atom is -0.354 e. The molecule has 23 heavy (non-hydrogen) atoms. The highest BCUT2D eigenvalue weighted by molar-refractivity contribution is 5.83. The van der Waals surface area contributed by atoms with Gasteiger partial charge in [0, 0.05) is 25.6 Å². The topological polar surface area (TPSA) is 61.4 Å². The van der Waals surface area contributed by atoms with E-state index in [9.17, 15) is 9.59 Å². The number of nitrogens with zero attached hydrogens (tertiary/aromatic N) is 1. The van der Waals surface area contributed by atoms with E-state index < -0.39 is 0 Å². The second kappa shape index (κ2) is 6.80. The van der Waals surface area contributed by atoms with Gasteiger partial charge in [-0.15, -0.1) is 0 Å². The van der Waals surface area contributed by atoms with Crippen LogP contribution < -0.4 is 10.6 Å². The Bertz CT molecular complexity index is 461. The molecule has 2 heterocycles. The summed E-state index contributed by atoms with van der Waals surface area (Å²) in [4.78, 5) is 26.8. The smallest absolute Gasteiger partial charge is 0.237 e. The summed E-state index contributed by atoms with van der Waals surface area (Å²) in [7, 11) is 0. The van der Waals surface area contributed by atoms with Crippen LogP contribution in [0.1, 0.15) is 52.4 Å². The highest BCUT2D eigenvalue weighted by atomic mass is 16.2. The predicted molar refractivity (Wildman–Crippen MR) is 89.8 cm³/mol. The molecular formula is C18H31N3O2. The van der Waals surface area contributed by atoms with Crippen molar-refractivity contribution in [1.29, 1.82) is 0 Å². The van der Waals surface area contributed by atoms with E-state index in [1.807, 2.05) is 0 Å². The van der Waals surface area contributed by atoms with Gasteiger partial charge in [0.1, 0.15) is 0 Å². The molecule has 5 nitrogen and oxygen atoms in total. The molecule has 1 saturated carbocycles. The molecule has 0 aromatic rings. The molecule has 3 rings (SSSR count). The molecule has 3 aliphatic rings. The second-order valence-corrected chi connectivity index (χ2v) is 7.95. The molecule has 0 aromatic heterocycles. The van der Waals surface area contributed by atoms with Crippen molar-refractivity contribution in [2.24, 2.45) is 17.3 Å². The molecule has 130 valence electrons. The number of piperidine rings is 1. The van der Waals surface area contributed by atoms with Gasteiger partial charge in [-0.25, -0.2) is 0 Å². The third kappa shape index (κ3) is 3.70. The third-order valence-electron chi connectivity index (χ3n) is 6.23. The maximum atomic E-state index is 12.7. The highest BCUT2D eigenvalue weighted by Gasteiger charge is 2.54. The monoisotopic (exact) mass is 321 g/mol. The van der Waals surface area contributed by atoms with Gasteiger partial charge in [0.15, 0.2) is 0 Å². The first-order valence-electron chi connectivity index (χ1n) is 9.33. The van der Waals surface area contributed by atoms with E-state index in [-0.39, 0.29) is 23.3 Å². The average Bonchev–Trinajstić information content (AvgIpc) is 3.00. The van der Waals surface area contributed by atoms with E-state index in [0.717, 1.165) is 58.2 Å². The number of likely N-dealkylation sites (tertiary alicyclic amines) is 1. The van der Waals surface area contributed by atoms with Gasteiger partial charge in [0.25, 0.3) is 0 Å². The van der Waals surface area contributed by atoms with Gasteiger partial charge in [0.05, 0.1) is 6.04 Å². The zero-order valence-corrected chi connectivity index (χ0v) is 14.6. The van der Waals surface area contributed by atoms with Crippen LogP contribution in [0.25, 0.3) is 0 Å². The first-order chi connectivity index (χ1) is 11.0. The van der Waals surface area contributed by atoms with Gasteiger partial charge in [0.2, 0.25) is 11.8 Å². The van der Waals surface area contributed by atoms with Crippen molar-refractivity contribution in [3.05, 3.63) is 0 Å². The van der Waals surface area contributed by atoms with E-state index in [1.54, 1.807) is 0 Å². The first-order valence-corrected chi connectivity index (χ1v) is 9.33. The largest absolute Gasteiger partial charge is 0.354 e. The zero-order valence-electron chi connectivity index (χ0n) is 14.6. The summed E-state index contributed by atoms with van der Waals surface area (Å²) < 4.78 is 0. The number of rotatable bonds is 5. The summed E-state index contributed by atoms with van der Waals surface area (Å²) in [5.41, 5.74) is 0.242. The standard InChI is InChI=1S/C18H31N3O2/c1-3-18(2)10-14(18)17(23)21-9-5-6-13(12-21)11-20-16(22)15-7-4-8-19-15/h13-15,19H,3-12H2,1-2H3,(H,20,22). The Kier molecular flexibility index (Phi) is 4.95. The number of hydrogen-bond donors (Lipinski definition) is 2. The summed E-state index contributed by atoms with van der Waals surface area (Å²) in [6.07, 6.45) is 6.33. The number of carbonyl (C=O) groups is 2. The van der Waals surface area contributed by atoms with Crippen molar-refractivity contribution in [1.82, 2.24) is 15.5 Å². The van der Waals surface area contributed by atoms with Gasteiger partial charge in [-0.05, 0) is 56.4 Å². The molecule has 3 fully saturated rings. The molecule has 0 aromatic carbocycles. The van der Waals surface area contributed by atoms with Gasteiger partial charge >= 0.3 is 0 Å². The normalized spacial score (nSPS) is 36.8. The lowest BCUT2D eigenvalue weighted by atomic mass is 9.96. The Hall–Kier alpha value is -1.10. The quantitative estimate of drug-likeness (QED) is 0.807. The van der Waals surface area contributed by atoms with Crippen LogP contribution in [0.5, 0.6) is 0 Å². The maximum Gasteiger partial charge on any atom is 0.237 e. The fourth-order valence-electron chi connectivity index (χ4n) is 4.11. The lowest BCUT2D eigenvalue weighted by molar-refractivity contribution is -0.135.